The third kappa shape index (κ3) is 3.47. The highest BCUT2D eigenvalue weighted by molar-refractivity contribution is 7.90. The fraction of sp³-hybridized carbons (Fsp3) is 0.273. The maximum atomic E-state index is 13.3. The van der Waals surface area contributed by atoms with Gasteiger partial charge in [0, 0.05) is 35.1 Å². The van der Waals surface area contributed by atoms with Crippen LogP contribution in [0.5, 0.6) is 0 Å². The standard InChI is InChI=1S/C22H20ClN3O3S/c23-16-6-5-15-12-26(30(28,29)17-7-8-17)13-20(19(15)9-16)22(27)25-21-11-24-10-14-3-1-2-4-18(14)21/h1-6,9-11,17,20H,7-8,12-13H2,(H,25,27)/t20-/m1/s1. The molecule has 1 aromatic heterocycles. The average Bonchev–Trinajstić information content (AvgIpc) is 3.59. The summed E-state index contributed by atoms with van der Waals surface area (Å²) in [5, 5.41) is 4.97. The first-order chi connectivity index (χ1) is 14.4. The zero-order valence-corrected chi connectivity index (χ0v) is 17.7. The number of nitrogens with zero attached hydrogens (tertiary/aromatic N) is 2. The van der Waals surface area contributed by atoms with E-state index in [0.29, 0.717) is 23.6 Å². The van der Waals surface area contributed by atoms with Crippen molar-refractivity contribution in [2.45, 2.75) is 30.6 Å². The second kappa shape index (κ2) is 7.34. The second-order valence-corrected chi connectivity index (χ2v) is 10.5. The number of sulfonamides is 1. The van der Waals surface area contributed by atoms with Crippen LogP contribution in [-0.4, -0.2) is 35.4 Å². The lowest BCUT2D eigenvalue weighted by molar-refractivity contribution is -0.118. The zero-order valence-electron chi connectivity index (χ0n) is 16.1. The Morgan fingerprint density at radius 1 is 1.13 bits per heavy atom. The van der Waals surface area contributed by atoms with E-state index < -0.39 is 15.9 Å². The Morgan fingerprint density at radius 3 is 2.73 bits per heavy atom. The minimum absolute atomic E-state index is 0.107. The number of carbonyl (C=O) groups excluding carboxylic acids is 1. The topological polar surface area (TPSA) is 79.4 Å². The van der Waals surface area contributed by atoms with Gasteiger partial charge in [-0.2, -0.15) is 4.31 Å². The lowest BCUT2D eigenvalue weighted by Crippen LogP contribution is -2.43. The molecule has 1 fully saturated rings. The van der Waals surface area contributed by atoms with Gasteiger partial charge >= 0.3 is 0 Å². The van der Waals surface area contributed by atoms with E-state index in [4.69, 9.17) is 11.6 Å². The number of rotatable bonds is 4. The molecule has 154 valence electrons. The van der Waals surface area contributed by atoms with Crippen molar-refractivity contribution in [2.75, 3.05) is 11.9 Å². The van der Waals surface area contributed by atoms with Crippen LogP contribution in [-0.2, 0) is 21.4 Å². The predicted octanol–water partition coefficient (Wildman–Crippen LogP) is 3.92. The minimum atomic E-state index is -3.41. The number of halogens is 1. The first-order valence-electron chi connectivity index (χ1n) is 9.84. The summed E-state index contributed by atoms with van der Waals surface area (Å²) in [7, 11) is -3.41. The van der Waals surface area contributed by atoms with Crippen molar-refractivity contribution in [1.82, 2.24) is 9.29 Å². The minimum Gasteiger partial charge on any atom is -0.324 e. The third-order valence-corrected chi connectivity index (χ3v) is 8.31. The number of aromatic nitrogens is 1. The molecule has 30 heavy (non-hydrogen) atoms. The van der Waals surface area contributed by atoms with E-state index in [9.17, 15) is 13.2 Å². The molecular formula is C22H20ClN3O3S. The van der Waals surface area contributed by atoms with Crippen molar-refractivity contribution in [3.63, 3.8) is 0 Å². The molecule has 1 saturated carbocycles. The SMILES string of the molecule is O=C(Nc1cncc2ccccc12)[C@@H]1CN(S(=O)(=O)C2CC2)Cc2ccc(Cl)cc21. The lowest BCUT2D eigenvalue weighted by Gasteiger charge is -2.33. The largest absolute Gasteiger partial charge is 0.324 e. The predicted molar refractivity (Wildman–Crippen MR) is 117 cm³/mol. The van der Waals surface area contributed by atoms with Crippen LogP contribution in [0, 0.1) is 0 Å². The summed E-state index contributed by atoms with van der Waals surface area (Å²) >= 11 is 6.20. The van der Waals surface area contributed by atoms with Crippen LogP contribution in [0.4, 0.5) is 5.69 Å². The van der Waals surface area contributed by atoms with E-state index in [1.54, 1.807) is 24.5 Å². The van der Waals surface area contributed by atoms with Gasteiger partial charge in [-0.3, -0.25) is 9.78 Å². The van der Waals surface area contributed by atoms with E-state index in [0.717, 1.165) is 21.9 Å². The number of nitrogens with one attached hydrogen (secondary N) is 1. The summed E-state index contributed by atoms with van der Waals surface area (Å²) in [5.74, 6) is -0.924. The molecule has 5 rings (SSSR count). The molecule has 3 aromatic rings. The summed E-state index contributed by atoms with van der Waals surface area (Å²) in [6.45, 7) is 0.376. The van der Waals surface area contributed by atoms with Crippen molar-refractivity contribution >= 4 is 44.0 Å². The molecule has 0 saturated heterocycles. The van der Waals surface area contributed by atoms with Crippen LogP contribution in [0.3, 0.4) is 0 Å². The molecule has 0 radical (unpaired) electrons. The molecular weight excluding hydrogens is 422 g/mol. The van der Waals surface area contributed by atoms with Gasteiger partial charge in [-0.25, -0.2) is 8.42 Å². The van der Waals surface area contributed by atoms with Crippen molar-refractivity contribution in [1.29, 1.82) is 0 Å². The molecule has 6 nitrogen and oxygen atoms in total. The lowest BCUT2D eigenvalue weighted by atomic mass is 9.90. The van der Waals surface area contributed by atoms with Gasteiger partial charge < -0.3 is 5.32 Å². The van der Waals surface area contributed by atoms with E-state index in [-0.39, 0.29) is 24.2 Å². The van der Waals surface area contributed by atoms with Crippen molar-refractivity contribution in [3.8, 4) is 0 Å². The van der Waals surface area contributed by atoms with Crippen LogP contribution >= 0.6 is 11.6 Å². The van der Waals surface area contributed by atoms with Crippen molar-refractivity contribution < 1.29 is 13.2 Å². The number of amides is 1. The Balaban J connectivity index is 1.51. The average molecular weight is 442 g/mol. The number of pyridine rings is 1. The van der Waals surface area contributed by atoms with Crippen LogP contribution in [0.25, 0.3) is 10.8 Å². The molecule has 1 aliphatic heterocycles. The van der Waals surface area contributed by atoms with Gasteiger partial charge in [0.1, 0.15) is 0 Å². The smallest absolute Gasteiger partial charge is 0.233 e. The number of carbonyl (C=O) groups is 1. The summed E-state index contributed by atoms with van der Waals surface area (Å²) in [4.78, 5) is 17.6. The maximum Gasteiger partial charge on any atom is 0.233 e. The van der Waals surface area contributed by atoms with Gasteiger partial charge in [0.2, 0.25) is 15.9 Å². The number of benzene rings is 2. The fourth-order valence-electron chi connectivity index (χ4n) is 4.02. The molecule has 8 heteroatoms. The molecule has 1 aliphatic carbocycles. The van der Waals surface area contributed by atoms with Crippen molar-refractivity contribution in [2.24, 2.45) is 0 Å². The molecule has 1 atom stereocenters. The van der Waals surface area contributed by atoms with E-state index in [2.05, 4.69) is 10.3 Å². The monoisotopic (exact) mass is 441 g/mol. The molecule has 0 spiro atoms. The van der Waals surface area contributed by atoms with Gasteiger partial charge in [-0.15, -0.1) is 0 Å². The zero-order chi connectivity index (χ0) is 20.9. The molecule has 1 N–H and O–H groups in total. The summed E-state index contributed by atoms with van der Waals surface area (Å²) in [6, 6.07) is 13.0. The van der Waals surface area contributed by atoms with Crippen LogP contribution < -0.4 is 5.32 Å². The fourth-order valence-corrected chi connectivity index (χ4v) is 6.03. The van der Waals surface area contributed by atoms with E-state index in [1.807, 2.05) is 30.3 Å². The van der Waals surface area contributed by atoms with Crippen LogP contribution in [0.1, 0.15) is 29.9 Å². The van der Waals surface area contributed by atoms with Gasteiger partial charge in [0.15, 0.2) is 0 Å². The van der Waals surface area contributed by atoms with Gasteiger partial charge in [0.25, 0.3) is 0 Å². The van der Waals surface area contributed by atoms with Gasteiger partial charge in [-0.05, 0) is 36.1 Å². The molecule has 0 bridgehead atoms. The van der Waals surface area contributed by atoms with E-state index in [1.165, 1.54) is 4.31 Å². The summed E-state index contributed by atoms with van der Waals surface area (Å²) in [6.07, 6.45) is 4.72. The summed E-state index contributed by atoms with van der Waals surface area (Å²) < 4.78 is 27.2. The molecule has 1 amide bonds. The highest BCUT2D eigenvalue weighted by atomic mass is 35.5. The Kier molecular flexibility index (Phi) is 4.76. The Bertz CT molecular complexity index is 1250. The normalized spacial score (nSPS) is 19.4. The summed E-state index contributed by atoms with van der Waals surface area (Å²) in [5.41, 5.74) is 2.19. The molecule has 2 aromatic carbocycles. The molecule has 2 aliphatic rings. The molecule has 0 unspecified atom stereocenters. The Hall–Kier alpha value is -2.48. The highest BCUT2D eigenvalue weighted by Crippen LogP contribution is 2.38. The number of hydrogen-bond donors (Lipinski definition) is 1. The quantitative estimate of drug-likeness (QED) is 0.665. The van der Waals surface area contributed by atoms with Crippen LogP contribution in [0.2, 0.25) is 5.02 Å². The second-order valence-electron chi connectivity index (χ2n) is 7.83. The number of anilines is 1. The Morgan fingerprint density at radius 2 is 1.93 bits per heavy atom. The van der Waals surface area contributed by atoms with E-state index >= 15 is 0 Å². The first-order valence-corrected chi connectivity index (χ1v) is 11.7. The van der Waals surface area contributed by atoms with Gasteiger partial charge in [-0.1, -0.05) is 41.9 Å². The van der Waals surface area contributed by atoms with Gasteiger partial charge in [0.05, 0.1) is 23.1 Å². The third-order valence-electron chi connectivity index (χ3n) is 5.76. The first kappa shape index (κ1) is 19.5. The number of fused-ring (bicyclic) bond motifs is 2. The number of hydrogen-bond acceptors (Lipinski definition) is 4. The van der Waals surface area contributed by atoms with Crippen molar-refractivity contribution in [3.05, 3.63) is 71.0 Å². The Labute approximate surface area is 179 Å². The maximum absolute atomic E-state index is 13.3. The highest BCUT2D eigenvalue weighted by Gasteiger charge is 2.44. The molecule has 2 heterocycles. The van der Waals surface area contributed by atoms with Crippen LogP contribution in [0.15, 0.2) is 54.9 Å².